The number of benzene rings is 3. The molecule has 1 saturated carbocycles. The van der Waals surface area contributed by atoms with Gasteiger partial charge in [-0.05, 0) is 71.8 Å². The van der Waals surface area contributed by atoms with E-state index in [2.05, 4.69) is 27.6 Å². The maximum Gasteiger partial charge on any atom is 0.322 e. The first-order chi connectivity index (χ1) is 18.8. The first-order valence-corrected chi connectivity index (χ1v) is 13.5. The lowest BCUT2D eigenvalue weighted by Crippen LogP contribution is -2.39. The average Bonchev–Trinajstić information content (AvgIpc) is 2.97. The van der Waals surface area contributed by atoms with E-state index in [-0.39, 0.29) is 19.1 Å². The van der Waals surface area contributed by atoms with Gasteiger partial charge in [0.25, 0.3) is 5.91 Å². The zero-order chi connectivity index (χ0) is 27.8. The van der Waals surface area contributed by atoms with Gasteiger partial charge in [-0.1, -0.05) is 72.8 Å². The first kappa shape index (κ1) is 28.3. The highest BCUT2D eigenvalue weighted by molar-refractivity contribution is 6.42. The molecule has 0 heterocycles. The van der Waals surface area contributed by atoms with E-state index < -0.39 is 11.9 Å². The second-order valence-corrected chi connectivity index (χ2v) is 10.3. The van der Waals surface area contributed by atoms with Crippen molar-refractivity contribution < 1.29 is 9.59 Å². The molecule has 0 unspecified atom stereocenters. The Morgan fingerprint density at radius 1 is 0.923 bits per heavy atom. The number of anilines is 1. The second-order valence-electron chi connectivity index (χ2n) is 9.50. The summed E-state index contributed by atoms with van der Waals surface area (Å²) in [6, 6.07) is 19.9. The molecule has 0 saturated heterocycles. The van der Waals surface area contributed by atoms with Crippen molar-refractivity contribution in [1.82, 2.24) is 5.32 Å². The molecule has 3 aromatic carbocycles. The van der Waals surface area contributed by atoms with Gasteiger partial charge in [-0.25, -0.2) is 10.3 Å². The maximum absolute atomic E-state index is 13.4. The predicted octanol–water partition coefficient (Wildman–Crippen LogP) is 7.44. The van der Waals surface area contributed by atoms with E-state index in [1.54, 1.807) is 41.3 Å². The van der Waals surface area contributed by atoms with E-state index in [0.717, 1.165) is 16.8 Å². The molecule has 0 aromatic heterocycles. The predicted molar refractivity (Wildman–Crippen MR) is 155 cm³/mol. The summed E-state index contributed by atoms with van der Waals surface area (Å²) in [5.74, 6) is -0.440. The zero-order valence-corrected chi connectivity index (χ0v) is 22.9. The van der Waals surface area contributed by atoms with Crippen molar-refractivity contribution in [2.24, 2.45) is 15.8 Å². The fourth-order valence-electron chi connectivity index (χ4n) is 4.69. The SMILES string of the molecule is N=NC(N)=NC(=O)c1ccc(CN(C(=O)NCc2ccc(Cl)c(Cl)c2)c2ccc(C3CCCCC3)cc2)cc1. The highest BCUT2D eigenvalue weighted by Crippen LogP contribution is 2.33. The van der Waals surface area contributed by atoms with Crippen molar-refractivity contribution in [3.8, 4) is 0 Å². The molecule has 0 spiro atoms. The third kappa shape index (κ3) is 7.65. The van der Waals surface area contributed by atoms with E-state index in [4.69, 9.17) is 34.5 Å². The number of halogens is 2. The molecular weight excluding hydrogens is 535 g/mol. The average molecular weight is 566 g/mol. The summed E-state index contributed by atoms with van der Waals surface area (Å²) in [5.41, 5.74) is 16.2. The Bertz CT molecular complexity index is 1350. The van der Waals surface area contributed by atoms with Gasteiger partial charge in [0.05, 0.1) is 16.6 Å². The molecule has 8 nitrogen and oxygen atoms in total. The highest BCUT2D eigenvalue weighted by atomic mass is 35.5. The smallest absolute Gasteiger partial charge is 0.322 e. The van der Waals surface area contributed by atoms with Gasteiger partial charge in [-0.3, -0.25) is 9.69 Å². The molecule has 10 heteroatoms. The Hall–Kier alpha value is -3.75. The number of hydrogen-bond acceptors (Lipinski definition) is 3. The van der Waals surface area contributed by atoms with E-state index in [1.807, 2.05) is 18.2 Å². The fraction of sp³-hybridized carbons (Fsp3) is 0.276. The standard InChI is InChI=1S/C29H30Cl2N6O2/c30-25-15-8-20(16-26(25)31)17-34-29(39)37(24-13-11-22(12-14-24)21-4-2-1-3-5-21)18-19-6-9-23(10-7-19)27(38)35-28(32)36-33/h6-16,21,33H,1-5,17-18H2,(H,34,39)(H2,32,35,38). The van der Waals surface area contributed by atoms with E-state index >= 15 is 0 Å². The lowest BCUT2D eigenvalue weighted by Gasteiger charge is -2.26. The number of carbonyl (C=O) groups is 2. The first-order valence-electron chi connectivity index (χ1n) is 12.8. The van der Waals surface area contributed by atoms with Crippen LogP contribution < -0.4 is 16.0 Å². The summed E-state index contributed by atoms with van der Waals surface area (Å²) < 4.78 is 0. The summed E-state index contributed by atoms with van der Waals surface area (Å²) in [5, 5.41) is 6.79. The van der Waals surface area contributed by atoms with Crippen LogP contribution in [0.25, 0.3) is 0 Å². The van der Waals surface area contributed by atoms with Crippen LogP contribution in [0.4, 0.5) is 10.5 Å². The third-order valence-corrected chi connectivity index (χ3v) is 7.57. The molecule has 39 heavy (non-hydrogen) atoms. The largest absolute Gasteiger partial charge is 0.366 e. The zero-order valence-electron chi connectivity index (χ0n) is 21.4. The van der Waals surface area contributed by atoms with Crippen LogP contribution in [0.1, 0.15) is 65.1 Å². The Morgan fingerprint density at radius 2 is 1.59 bits per heavy atom. The molecule has 4 N–H and O–H groups in total. The van der Waals surface area contributed by atoms with Crippen molar-refractivity contribution in [2.45, 2.75) is 51.1 Å². The summed E-state index contributed by atoms with van der Waals surface area (Å²) >= 11 is 12.2. The van der Waals surface area contributed by atoms with Crippen molar-refractivity contribution in [3.05, 3.63) is 99.0 Å². The Kier molecular flexibility index (Phi) is 9.68. The van der Waals surface area contributed by atoms with Crippen LogP contribution in [0.15, 0.2) is 76.8 Å². The lowest BCUT2D eigenvalue weighted by atomic mass is 9.84. The van der Waals surface area contributed by atoms with E-state index in [9.17, 15) is 9.59 Å². The Morgan fingerprint density at radius 3 is 2.23 bits per heavy atom. The van der Waals surface area contributed by atoms with Gasteiger partial charge in [0, 0.05) is 17.8 Å². The number of amides is 3. The molecule has 0 aliphatic heterocycles. The van der Waals surface area contributed by atoms with Crippen LogP contribution >= 0.6 is 23.2 Å². The number of urea groups is 1. The molecule has 1 aliphatic rings. The minimum absolute atomic E-state index is 0.276. The number of nitrogens with zero attached hydrogens (tertiary/aromatic N) is 3. The van der Waals surface area contributed by atoms with Gasteiger partial charge >= 0.3 is 6.03 Å². The number of nitrogens with one attached hydrogen (secondary N) is 2. The normalized spacial score (nSPS) is 14.1. The van der Waals surface area contributed by atoms with Crippen molar-refractivity contribution in [1.29, 1.82) is 5.53 Å². The van der Waals surface area contributed by atoms with Gasteiger partial charge in [-0.2, -0.15) is 4.99 Å². The summed E-state index contributed by atoms with van der Waals surface area (Å²) in [7, 11) is 0. The van der Waals surface area contributed by atoms with Crippen LogP contribution in [-0.2, 0) is 13.1 Å². The monoisotopic (exact) mass is 564 g/mol. The van der Waals surface area contributed by atoms with Gasteiger partial charge in [0.2, 0.25) is 5.96 Å². The Balaban J connectivity index is 1.53. The molecule has 3 aromatic rings. The second kappa shape index (κ2) is 13.4. The van der Waals surface area contributed by atoms with Crippen LogP contribution in [-0.4, -0.2) is 17.9 Å². The molecule has 1 aliphatic carbocycles. The molecule has 202 valence electrons. The number of carbonyl (C=O) groups excluding carboxylic acids is 2. The summed E-state index contributed by atoms with van der Waals surface area (Å²) in [4.78, 5) is 30.8. The van der Waals surface area contributed by atoms with Crippen LogP contribution in [0, 0.1) is 5.53 Å². The van der Waals surface area contributed by atoms with Crippen molar-refractivity contribution in [2.75, 3.05) is 4.90 Å². The van der Waals surface area contributed by atoms with Crippen molar-refractivity contribution in [3.63, 3.8) is 0 Å². The van der Waals surface area contributed by atoms with Crippen LogP contribution in [0.3, 0.4) is 0 Å². The summed E-state index contributed by atoms with van der Waals surface area (Å²) in [6.45, 7) is 0.554. The van der Waals surface area contributed by atoms with Gasteiger partial charge in [-0.15, -0.1) is 5.11 Å². The van der Waals surface area contributed by atoms with E-state index in [0.29, 0.717) is 21.5 Å². The number of aliphatic imine (C=N–C) groups is 1. The minimum Gasteiger partial charge on any atom is -0.366 e. The molecule has 0 radical (unpaired) electrons. The van der Waals surface area contributed by atoms with Crippen LogP contribution in [0.2, 0.25) is 10.0 Å². The molecule has 4 rings (SSSR count). The topological polar surface area (TPSA) is 124 Å². The number of hydrogen-bond donors (Lipinski definition) is 3. The quantitative estimate of drug-likeness (QED) is 0.157. The Labute approximate surface area is 237 Å². The van der Waals surface area contributed by atoms with Gasteiger partial charge < -0.3 is 11.1 Å². The molecular formula is C29H30Cl2N6O2. The third-order valence-electron chi connectivity index (χ3n) is 6.83. The lowest BCUT2D eigenvalue weighted by molar-refractivity contribution is 0.100. The van der Waals surface area contributed by atoms with Gasteiger partial charge in [0.15, 0.2) is 0 Å². The molecule has 3 amide bonds. The number of guanidine groups is 1. The van der Waals surface area contributed by atoms with E-state index in [1.165, 1.54) is 37.7 Å². The summed E-state index contributed by atoms with van der Waals surface area (Å²) in [6.07, 6.45) is 6.20. The van der Waals surface area contributed by atoms with Gasteiger partial charge in [0.1, 0.15) is 0 Å². The highest BCUT2D eigenvalue weighted by Gasteiger charge is 2.19. The van der Waals surface area contributed by atoms with Crippen LogP contribution in [0.5, 0.6) is 0 Å². The fourth-order valence-corrected chi connectivity index (χ4v) is 5.01. The molecule has 0 bridgehead atoms. The maximum atomic E-state index is 13.4. The number of nitrogens with two attached hydrogens (primary N) is 1. The molecule has 1 fully saturated rings. The number of rotatable bonds is 7. The molecule has 0 atom stereocenters. The minimum atomic E-state index is -0.593. The van der Waals surface area contributed by atoms with Crippen molar-refractivity contribution >= 4 is 46.8 Å².